The van der Waals surface area contributed by atoms with Gasteiger partial charge >= 0.3 is 0 Å². The van der Waals surface area contributed by atoms with Gasteiger partial charge in [0.1, 0.15) is 6.54 Å². The zero-order valence-corrected chi connectivity index (χ0v) is 15.3. The third-order valence-electron chi connectivity index (χ3n) is 6.29. The van der Waals surface area contributed by atoms with E-state index >= 15 is 0 Å². The summed E-state index contributed by atoms with van der Waals surface area (Å²) in [6, 6.07) is 16.2. The summed E-state index contributed by atoms with van der Waals surface area (Å²) in [6.07, 6.45) is 1.57. The molecule has 140 valence electrons. The Balaban J connectivity index is 1.59. The minimum absolute atomic E-state index is 0.139. The quantitative estimate of drug-likeness (QED) is 0.661. The van der Waals surface area contributed by atoms with E-state index in [-0.39, 0.29) is 36.1 Å². The molecular weight excluding hydrogens is 352 g/mol. The second-order valence-corrected chi connectivity index (χ2v) is 7.62. The molecule has 3 amide bonds. The van der Waals surface area contributed by atoms with E-state index in [4.69, 9.17) is 0 Å². The van der Waals surface area contributed by atoms with Gasteiger partial charge in [-0.1, -0.05) is 54.6 Å². The Kier molecular flexibility index (Phi) is 3.72. The van der Waals surface area contributed by atoms with Gasteiger partial charge in [0.25, 0.3) is 0 Å². The highest BCUT2D eigenvalue weighted by Crippen LogP contribution is 2.60. The smallest absolute Gasteiger partial charge is 0.240 e. The van der Waals surface area contributed by atoms with Crippen molar-refractivity contribution < 1.29 is 14.4 Å². The number of hydrogen-bond acceptors (Lipinski definition) is 3. The van der Waals surface area contributed by atoms with Crippen LogP contribution in [0.2, 0.25) is 0 Å². The number of carbonyl (C=O) groups excluding carboxylic acids is 3. The van der Waals surface area contributed by atoms with Gasteiger partial charge in [-0.25, -0.2) is 0 Å². The molecular formula is C23H20N2O3. The van der Waals surface area contributed by atoms with Gasteiger partial charge in [0.05, 0.1) is 11.8 Å². The van der Waals surface area contributed by atoms with Gasteiger partial charge in [0, 0.05) is 18.4 Å². The third kappa shape index (κ3) is 2.16. The van der Waals surface area contributed by atoms with E-state index in [2.05, 4.69) is 36.2 Å². The molecule has 1 saturated heterocycles. The highest BCUT2D eigenvalue weighted by molar-refractivity contribution is 6.09. The maximum Gasteiger partial charge on any atom is 0.240 e. The fraction of sp³-hybridized carbons (Fsp3) is 0.261. The first-order valence-corrected chi connectivity index (χ1v) is 9.54. The summed E-state index contributed by atoms with van der Waals surface area (Å²) in [4.78, 5) is 39.9. The van der Waals surface area contributed by atoms with E-state index in [1.54, 1.807) is 6.08 Å². The van der Waals surface area contributed by atoms with E-state index in [0.717, 1.165) is 27.2 Å². The minimum atomic E-state index is -0.436. The summed E-state index contributed by atoms with van der Waals surface area (Å²) in [7, 11) is 0. The van der Waals surface area contributed by atoms with Gasteiger partial charge in [-0.2, -0.15) is 0 Å². The number of amides is 3. The molecule has 3 aliphatic carbocycles. The van der Waals surface area contributed by atoms with Crippen LogP contribution >= 0.6 is 0 Å². The Morgan fingerprint density at radius 1 is 0.893 bits per heavy atom. The van der Waals surface area contributed by atoms with Crippen molar-refractivity contribution in [2.45, 2.75) is 11.8 Å². The first kappa shape index (κ1) is 16.9. The Bertz CT molecular complexity index is 913. The van der Waals surface area contributed by atoms with Gasteiger partial charge in [-0.05, 0) is 22.3 Å². The van der Waals surface area contributed by atoms with Crippen LogP contribution in [0.4, 0.5) is 0 Å². The van der Waals surface area contributed by atoms with E-state index in [0.29, 0.717) is 6.54 Å². The van der Waals surface area contributed by atoms with E-state index < -0.39 is 11.8 Å². The number of benzene rings is 2. The molecule has 1 N–H and O–H groups in total. The first-order valence-electron chi connectivity index (χ1n) is 9.54. The molecule has 0 aromatic heterocycles. The summed E-state index contributed by atoms with van der Waals surface area (Å²) in [5.41, 5.74) is 4.52. The third-order valence-corrected chi connectivity index (χ3v) is 6.29. The molecule has 0 radical (unpaired) electrons. The van der Waals surface area contributed by atoms with Crippen LogP contribution in [0.15, 0.2) is 61.2 Å². The number of nitrogens with zero attached hydrogens (tertiary/aromatic N) is 1. The Labute approximate surface area is 163 Å². The Morgan fingerprint density at radius 3 is 1.71 bits per heavy atom. The predicted molar refractivity (Wildman–Crippen MR) is 103 cm³/mol. The van der Waals surface area contributed by atoms with Crippen molar-refractivity contribution in [2.75, 3.05) is 13.1 Å². The molecule has 1 fully saturated rings. The van der Waals surface area contributed by atoms with Crippen LogP contribution < -0.4 is 5.32 Å². The number of nitrogens with one attached hydrogen (secondary N) is 1. The summed E-state index contributed by atoms with van der Waals surface area (Å²) >= 11 is 0. The minimum Gasteiger partial charge on any atom is -0.351 e. The number of carbonyl (C=O) groups is 3. The summed E-state index contributed by atoms with van der Waals surface area (Å²) in [5, 5.41) is 2.65. The zero-order valence-electron chi connectivity index (χ0n) is 15.3. The molecule has 4 aliphatic rings. The largest absolute Gasteiger partial charge is 0.351 e. The van der Waals surface area contributed by atoms with E-state index in [9.17, 15) is 14.4 Å². The molecule has 5 nitrogen and oxygen atoms in total. The van der Waals surface area contributed by atoms with E-state index in [1.165, 1.54) is 0 Å². The fourth-order valence-electron chi connectivity index (χ4n) is 5.28. The molecule has 2 bridgehead atoms. The lowest BCUT2D eigenvalue weighted by Gasteiger charge is -2.45. The van der Waals surface area contributed by atoms with Gasteiger partial charge in [0.15, 0.2) is 0 Å². The Morgan fingerprint density at radius 2 is 1.32 bits per heavy atom. The number of hydrogen-bond donors (Lipinski definition) is 1. The van der Waals surface area contributed by atoms with Crippen LogP contribution in [-0.4, -0.2) is 35.7 Å². The molecule has 0 unspecified atom stereocenters. The van der Waals surface area contributed by atoms with Crippen molar-refractivity contribution in [3.05, 3.63) is 83.4 Å². The maximum absolute atomic E-state index is 13.3. The molecule has 1 aliphatic heterocycles. The van der Waals surface area contributed by atoms with Gasteiger partial charge in [-0.3, -0.25) is 19.3 Å². The normalized spacial score (nSPS) is 26.5. The predicted octanol–water partition coefficient (Wildman–Crippen LogP) is 2.18. The first-order chi connectivity index (χ1) is 13.6. The maximum atomic E-state index is 13.3. The number of likely N-dealkylation sites (tertiary alicyclic amines) is 1. The molecule has 5 heteroatoms. The van der Waals surface area contributed by atoms with Crippen molar-refractivity contribution in [2.24, 2.45) is 11.8 Å². The van der Waals surface area contributed by atoms with Crippen molar-refractivity contribution in [3.8, 4) is 0 Å². The second-order valence-electron chi connectivity index (χ2n) is 7.62. The van der Waals surface area contributed by atoms with Crippen LogP contribution in [-0.2, 0) is 14.4 Å². The standard InChI is InChI=1S/C23H20N2O3/c1-2-11-24-17(26)12-25-22(27)20-18-13-7-3-4-8-14(13)19(21(20)23(25)28)16-10-6-5-9-15(16)18/h2-10,18-21H,1,11-12H2,(H,24,26)/t18?,19?,20-,21-/m0/s1. The SMILES string of the molecule is C=CCNC(=O)CN1C(=O)[C@H]2C3c4ccccc4C(c4ccccc43)[C@@H]2C1=O. The molecule has 2 aromatic carbocycles. The monoisotopic (exact) mass is 372 g/mol. The summed E-state index contributed by atoms with van der Waals surface area (Å²) in [5.74, 6) is -1.96. The molecule has 6 rings (SSSR count). The highest BCUT2D eigenvalue weighted by atomic mass is 16.2. The Hall–Kier alpha value is -3.21. The summed E-state index contributed by atoms with van der Waals surface area (Å²) < 4.78 is 0. The van der Waals surface area contributed by atoms with Gasteiger partial charge in [0.2, 0.25) is 17.7 Å². The zero-order chi connectivity index (χ0) is 19.4. The lowest BCUT2D eigenvalue weighted by atomic mass is 9.55. The van der Waals surface area contributed by atoms with Crippen LogP contribution in [0.25, 0.3) is 0 Å². The lowest BCUT2D eigenvalue weighted by molar-refractivity contribution is -0.143. The van der Waals surface area contributed by atoms with Crippen molar-refractivity contribution in [1.29, 1.82) is 0 Å². The topological polar surface area (TPSA) is 66.5 Å². The highest BCUT2D eigenvalue weighted by Gasteiger charge is 2.61. The van der Waals surface area contributed by atoms with Crippen molar-refractivity contribution >= 4 is 17.7 Å². The van der Waals surface area contributed by atoms with Gasteiger partial charge < -0.3 is 5.32 Å². The molecule has 2 atom stereocenters. The second kappa shape index (κ2) is 6.16. The van der Waals surface area contributed by atoms with Crippen LogP contribution in [0.3, 0.4) is 0 Å². The van der Waals surface area contributed by atoms with Crippen molar-refractivity contribution in [1.82, 2.24) is 10.2 Å². The average Bonchev–Trinajstić information content (AvgIpc) is 2.97. The van der Waals surface area contributed by atoms with Crippen LogP contribution in [0.1, 0.15) is 34.1 Å². The molecule has 0 saturated carbocycles. The molecule has 0 spiro atoms. The molecule has 1 heterocycles. The van der Waals surface area contributed by atoms with E-state index in [1.807, 2.05) is 24.3 Å². The number of rotatable bonds is 4. The number of imide groups is 1. The van der Waals surface area contributed by atoms with Crippen LogP contribution in [0, 0.1) is 11.8 Å². The van der Waals surface area contributed by atoms with Crippen molar-refractivity contribution in [3.63, 3.8) is 0 Å². The molecule has 2 aromatic rings. The fourth-order valence-corrected chi connectivity index (χ4v) is 5.28. The van der Waals surface area contributed by atoms with Gasteiger partial charge in [-0.15, -0.1) is 6.58 Å². The lowest BCUT2D eigenvalue weighted by Crippen LogP contribution is -2.41. The van der Waals surface area contributed by atoms with Crippen LogP contribution in [0.5, 0.6) is 0 Å². The average molecular weight is 372 g/mol. The molecule has 28 heavy (non-hydrogen) atoms. The summed E-state index contributed by atoms with van der Waals surface area (Å²) in [6.45, 7) is 3.64.